The summed E-state index contributed by atoms with van der Waals surface area (Å²) in [6.45, 7) is 6.16. The molecule has 0 aliphatic heterocycles. The Morgan fingerprint density at radius 3 is 2.53 bits per heavy atom. The van der Waals surface area contributed by atoms with E-state index >= 15 is 0 Å². The molecule has 0 atom stereocenters. The second kappa shape index (κ2) is 5.56. The van der Waals surface area contributed by atoms with Gasteiger partial charge in [-0.25, -0.2) is 4.79 Å². The molecule has 2 amide bonds. The van der Waals surface area contributed by atoms with Crippen molar-refractivity contribution in [3.63, 3.8) is 0 Å². The quantitative estimate of drug-likeness (QED) is 0.890. The van der Waals surface area contributed by atoms with Crippen LogP contribution >= 0.6 is 0 Å². The molecule has 5 heteroatoms. The molecule has 1 aromatic carbocycles. The van der Waals surface area contributed by atoms with Crippen molar-refractivity contribution < 1.29 is 9.32 Å². The maximum atomic E-state index is 11.9. The van der Waals surface area contributed by atoms with Gasteiger partial charge in [-0.1, -0.05) is 23.4 Å². The largest absolute Gasteiger partial charge is 0.364 e. The zero-order chi connectivity index (χ0) is 13.8. The summed E-state index contributed by atoms with van der Waals surface area (Å²) < 4.78 is 4.81. The van der Waals surface area contributed by atoms with Crippen LogP contribution in [0.2, 0.25) is 0 Å². The summed E-state index contributed by atoms with van der Waals surface area (Å²) in [4.78, 5) is 11.9. The van der Waals surface area contributed by atoms with Gasteiger partial charge in [-0.15, -0.1) is 0 Å². The number of carbonyl (C=O) groups is 1. The van der Waals surface area contributed by atoms with Gasteiger partial charge in [0.15, 0.2) is 0 Å². The van der Waals surface area contributed by atoms with Gasteiger partial charge in [0, 0.05) is 17.8 Å². The second-order valence-corrected chi connectivity index (χ2v) is 4.50. The molecular weight excluding hydrogens is 242 g/mol. The molecule has 0 fully saturated rings. The molecule has 0 aliphatic rings. The molecule has 0 unspecified atom stereocenters. The number of rotatable bonds is 3. The summed E-state index contributed by atoms with van der Waals surface area (Å²) >= 11 is 0. The first-order valence-corrected chi connectivity index (χ1v) is 6.09. The summed E-state index contributed by atoms with van der Waals surface area (Å²) in [6.07, 6.45) is 1.54. The maximum Gasteiger partial charge on any atom is 0.319 e. The fourth-order valence-electron chi connectivity index (χ4n) is 1.83. The normalized spacial score (nSPS) is 10.3. The van der Waals surface area contributed by atoms with Crippen molar-refractivity contribution in [2.45, 2.75) is 27.3 Å². The third kappa shape index (κ3) is 3.13. The Hall–Kier alpha value is -2.30. The standard InChI is InChI=1S/C14H17N3O2/c1-9-5-4-6-10(2)13(9)16-14(18)15-7-12-8-19-17-11(12)3/h4-6,8H,7H2,1-3H3,(H2,15,16,18). The lowest BCUT2D eigenvalue weighted by Gasteiger charge is -2.12. The van der Waals surface area contributed by atoms with E-state index < -0.39 is 0 Å². The molecular formula is C14H17N3O2. The molecule has 19 heavy (non-hydrogen) atoms. The highest BCUT2D eigenvalue weighted by Gasteiger charge is 2.08. The molecule has 2 aromatic rings. The van der Waals surface area contributed by atoms with Crippen LogP contribution in [0.15, 0.2) is 29.0 Å². The van der Waals surface area contributed by atoms with Crippen molar-refractivity contribution >= 4 is 11.7 Å². The van der Waals surface area contributed by atoms with E-state index in [9.17, 15) is 4.79 Å². The number of nitrogens with zero attached hydrogens (tertiary/aromatic N) is 1. The van der Waals surface area contributed by atoms with Gasteiger partial charge in [0.25, 0.3) is 0 Å². The molecule has 1 heterocycles. The molecule has 1 aromatic heterocycles. The number of urea groups is 1. The smallest absolute Gasteiger partial charge is 0.319 e. The van der Waals surface area contributed by atoms with Crippen molar-refractivity contribution in [3.05, 3.63) is 46.8 Å². The van der Waals surface area contributed by atoms with E-state index in [-0.39, 0.29) is 6.03 Å². The predicted octanol–water partition coefficient (Wildman–Crippen LogP) is 2.92. The lowest BCUT2D eigenvalue weighted by molar-refractivity contribution is 0.251. The molecule has 0 saturated carbocycles. The highest BCUT2D eigenvalue weighted by atomic mass is 16.5. The summed E-state index contributed by atoms with van der Waals surface area (Å²) in [5, 5.41) is 9.40. The first-order valence-electron chi connectivity index (χ1n) is 6.09. The van der Waals surface area contributed by atoms with Crippen molar-refractivity contribution in [3.8, 4) is 0 Å². The van der Waals surface area contributed by atoms with Crippen LogP contribution in [0, 0.1) is 20.8 Å². The van der Waals surface area contributed by atoms with Gasteiger partial charge < -0.3 is 15.2 Å². The average Bonchev–Trinajstić information content (AvgIpc) is 2.77. The monoisotopic (exact) mass is 259 g/mol. The number of nitrogens with one attached hydrogen (secondary N) is 2. The Bertz CT molecular complexity index is 570. The van der Waals surface area contributed by atoms with Gasteiger partial charge in [-0.2, -0.15) is 0 Å². The Labute approximate surface area is 112 Å². The van der Waals surface area contributed by atoms with Crippen LogP contribution in [-0.2, 0) is 6.54 Å². The third-order valence-electron chi connectivity index (χ3n) is 3.01. The van der Waals surface area contributed by atoms with Gasteiger partial charge in [0.05, 0.1) is 5.69 Å². The third-order valence-corrected chi connectivity index (χ3v) is 3.01. The highest BCUT2D eigenvalue weighted by molar-refractivity contribution is 5.90. The van der Waals surface area contributed by atoms with Gasteiger partial charge >= 0.3 is 6.03 Å². The molecule has 0 spiro atoms. The number of benzene rings is 1. The minimum atomic E-state index is -0.238. The van der Waals surface area contributed by atoms with Crippen LogP contribution in [0.1, 0.15) is 22.4 Å². The van der Waals surface area contributed by atoms with E-state index in [0.29, 0.717) is 6.54 Å². The number of para-hydroxylation sites is 1. The minimum absolute atomic E-state index is 0.238. The molecule has 0 bridgehead atoms. The summed E-state index contributed by atoms with van der Waals surface area (Å²) in [5.41, 5.74) is 4.58. The van der Waals surface area contributed by atoms with Crippen molar-refractivity contribution in [1.82, 2.24) is 10.5 Å². The van der Waals surface area contributed by atoms with Gasteiger partial charge in [0.1, 0.15) is 6.26 Å². The number of aryl methyl sites for hydroxylation is 3. The molecule has 100 valence electrons. The zero-order valence-electron chi connectivity index (χ0n) is 11.3. The number of hydrogen-bond acceptors (Lipinski definition) is 3. The van der Waals surface area contributed by atoms with Gasteiger partial charge in [-0.3, -0.25) is 0 Å². The average molecular weight is 259 g/mol. The molecule has 0 radical (unpaired) electrons. The SMILES string of the molecule is Cc1cccc(C)c1NC(=O)NCc1conc1C. The predicted molar refractivity (Wildman–Crippen MR) is 73.0 cm³/mol. The van der Waals surface area contributed by atoms with Crippen LogP contribution in [-0.4, -0.2) is 11.2 Å². The fourth-order valence-corrected chi connectivity index (χ4v) is 1.83. The molecule has 0 saturated heterocycles. The summed E-state index contributed by atoms with van der Waals surface area (Å²) in [5.74, 6) is 0. The van der Waals surface area contributed by atoms with E-state index in [0.717, 1.165) is 28.1 Å². The Morgan fingerprint density at radius 1 is 1.26 bits per heavy atom. The van der Waals surface area contributed by atoms with Gasteiger partial charge in [0.2, 0.25) is 0 Å². The molecule has 2 rings (SSSR count). The van der Waals surface area contributed by atoms with Crippen molar-refractivity contribution in [2.75, 3.05) is 5.32 Å². The van der Waals surface area contributed by atoms with E-state index in [2.05, 4.69) is 15.8 Å². The number of anilines is 1. The van der Waals surface area contributed by atoms with Crippen LogP contribution in [0.4, 0.5) is 10.5 Å². The molecule has 5 nitrogen and oxygen atoms in total. The van der Waals surface area contributed by atoms with Gasteiger partial charge in [-0.05, 0) is 31.9 Å². The lowest BCUT2D eigenvalue weighted by Crippen LogP contribution is -2.28. The first kappa shape index (κ1) is 13.1. The summed E-state index contributed by atoms with van der Waals surface area (Å²) in [7, 11) is 0. The Balaban J connectivity index is 1.97. The number of carbonyl (C=O) groups excluding carboxylic acids is 1. The van der Waals surface area contributed by atoms with E-state index in [1.807, 2.05) is 39.0 Å². The number of hydrogen-bond donors (Lipinski definition) is 2. The number of amides is 2. The van der Waals surface area contributed by atoms with Crippen LogP contribution in [0.3, 0.4) is 0 Å². The lowest BCUT2D eigenvalue weighted by atomic mass is 10.1. The highest BCUT2D eigenvalue weighted by Crippen LogP contribution is 2.19. The van der Waals surface area contributed by atoms with Crippen LogP contribution in [0.25, 0.3) is 0 Å². The molecule has 0 aliphatic carbocycles. The zero-order valence-corrected chi connectivity index (χ0v) is 11.3. The van der Waals surface area contributed by atoms with Crippen molar-refractivity contribution in [1.29, 1.82) is 0 Å². The maximum absolute atomic E-state index is 11.9. The minimum Gasteiger partial charge on any atom is -0.364 e. The Kier molecular flexibility index (Phi) is 3.85. The summed E-state index contributed by atoms with van der Waals surface area (Å²) in [6, 6.07) is 5.66. The topological polar surface area (TPSA) is 67.2 Å². The number of aromatic nitrogens is 1. The van der Waals surface area contributed by atoms with Crippen LogP contribution in [0.5, 0.6) is 0 Å². The fraction of sp³-hybridized carbons (Fsp3) is 0.286. The second-order valence-electron chi connectivity index (χ2n) is 4.50. The van der Waals surface area contributed by atoms with Crippen molar-refractivity contribution in [2.24, 2.45) is 0 Å². The van der Waals surface area contributed by atoms with E-state index in [1.54, 1.807) is 0 Å². The molecule has 2 N–H and O–H groups in total. The van der Waals surface area contributed by atoms with E-state index in [4.69, 9.17) is 4.52 Å². The Morgan fingerprint density at radius 2 is 1.95 bits per heavy atom. The van der Waals surface area contributed by atoms with E-state index in [1.165, 1.54) is 6.26 Å². The van der Waals surface area contributed by atoms with Crippen LogP contribution < -0.4 is 10.6 Å². The first-order chi connectivity index (χ1) is 9.08.